The molecule has 1 rings (SSSR count). The number of aryl methyl sites for hydroxylation is 2. The number of nitrogens with one attached hydrogen (secondary N) is 1. The molecule has 1 heterocycles. The molecule has 0 amide bonds. The molecule has 0 saturated carbocycles. The van der Waals surface area contributed by atoms with E-state index in [0.717, 1.165) is 11.4 Å². The SMILES string of the molecule is Cc1nnc(NC(C)(C)CCC(=O)O)nc1C. The third-order valence-corrected chi connectivity index (χ3v) is 2.51. The van der Waals surface area contributed by atoms with E-state index in [-0.39, 0.29) is 12.0 Å². The first-order valence-electron chi connectivity index (χ1n) is 5.48. The minimum atomic E-state index is -0.806. The second-order valence-electron chi connectivity index (χ2n) is 4.71. The van der Waals surface area contributed by atoms with Crippen LogP contribution in [-0.2, 0) is 4.79 Å². The quantitative estimate of drug-likeness (QED) is 0.809. The monoisotopic (exact) mass is 238 g/mol. The van der Waals surface area contributed by atoms with Crippen LogP contribution in [0.25, 0.3) is 0 Å². The molecule has 0 spiro atoms. The Morgan fingerprint density at radius 3 is 2.47 bits per heavy atom. The Balaban J connectivity index is 2.68. The molecule has 1 aromatic heterocycles. The standard InChI is InChI=1S/C11H18N4O2/c1-7-8(2)14-15-10(12-7)13-11(3,4)6-5-9(16)17/h5-6H2,1-4H3,(H,16,17)(H,12,13,15). The smallest absolute Gasteiger partial charge is 0.303 e. The second kappa shape index (κ2) is 5.07. The zero-order valence-electron chi connectivity index (χ0n) is 10.6. The number of rotatable bonds is 5. The maximum Gasteiger partial charge on any atom is 0.303 e. The lowest BCUT2D eigenvalue weighted by molar-refractivity contribution is -0.137. The fourth-order valence-corrected chi connectivity index (χ4v) is 1.29. The predicted molar refractivity (Wildman–Crippen MR) is 63.9 cm³/mol. The highest BCUT2D eigenvalue weighted by atomic mass is 16.4. The predicted octanol–water partition coefficient (Wildman–Crippen LogP) is 1.54. The number of carboxylic acids is 1. The van der Waals surface area contributed by atoms with Crippen LogP contribution in [0.4, 0.5) is 5.95 Å². The molecule has 6 heteroatoms. The number of aromatic nitrogens is 3. The normalized spacial score (nSPS) is 11.3. The van der Waals surface area contributed by atoms with Gasteiger partial charge in [0.05, 0.1) is 11.4 Å². The molecule has 0 radical (unpaired) electrons. The van der Waals surface area contributed by atoms with Gasteiger partial charge in [-0.05, 0) is 34.1 Å². The van der Waals surface area contributed by atoms with Gasteiger partial charge in [0.1, 0.15) is 0 Å². The first kappa shape index (κ1) is 13.3. The van der Waals surface area contributed by atoms with Gasteiger partial charge >= 0.3 is 5.97 Å². The van der Waals surface area contributed by atoms with Crippen molar-refractivity contribution in [1.29, 1.82) is 0 Å². The van der Waals surface area contributed by atoms with Gasteiger partial charge in [-0.25, -0.2) is 4.98 Å². The number of carboxylic acid groups (broad SMARTS) is 1. The third-order valence-electron chi connectivity index (χ3n) is 2.51. The molecular formula is C11H18N4O2. The van der Waals surface area contributed by atoms with Crippen molar-refractivity contribution >= 4 is 11.9 Å². The van der Waals surface area contributed by atoms with E-state index < -0.39 is 5.97 Å². The van der Waals surface area contributed by atoms with E-state index in [4.69, 9.17) is 5.11 Å². The van der Waals surface area contributed by atoms with E-state index in [2.05, 4.69) is 20.5 Å². The van der Waals surface area contributed by atoms with Crippen LogP contribution < -0.4 is 5.32 Å². The lowest BCUT2D eigenvalue weighted by Gasteiger charge is -2.25. The Bertz CT molecular complexity index is 418. The molecular weight excluding hydrogens is 220 g/mol. The molecule has 0 fully saturated rings. The lowest BCUT2D eigenvalue weighted by Crippen LogP contribution is -2.32. The Morgan fingerprint density at radius 1 is 1.29 bits per heavy atom. The van der Waals surface area contributed by atoms with Crippen LogP contribution in [0.3, 0.4) is 0 Å². The van der Waals surface area contributed by atoms with Crippen molar-refractivity contribution in [3.05, 3.63) is 11.4 Å². The highest BCUT2D eigenvalue weighted by molar-refractivity contribution is 5.66. The Labute approximate surface area is 100 Å². The van der Waals surface area contributed by atoms with Crippen LogP contribution in [0.1, 0.15) is 38.1 Å². The summed E-state index contributed by atoms with van der Waals surface area (Å²) in [5.74, 6) is -0.373. The molecule has 0 aromatic carbocycles. The first-order chi connectivity index (χ1) is 7.80. The number of anilines is 1. The Morgan fingerprint density at radius 2 is 1.94 bits per heavy atom. The van der Waals surface area contributed by atoms with Crippen LogP contribution in [-0.4, -0.2) is 31.8 Å². The van der Waals surface area contributed by atoms with Gasteiger partial charge in [0, 0.05) is 12.0 Å². The number of carbonyl (C=O) groups is 1. The van der Waals surface area contributed by atoms with Gasteiger partial charge in [-0.1, -0.05) is 0 Å². The molecule has 0 saturated heterocycles. The Hall–Kier alpha value is -1.72. The van der Waals surface area contributed by atoms with Crippen molar-refractivity contribution < 1.29 is 9.90 Å². The first-order valence-corrected chi connectivity index (χ1v) is 5.48. The molecule has 2 N–H and O–H groups in total. The highest BCUT2D eigenvalue weighted by Crippen LogP contribution is 2.16. The average Bonchev–Trinajstić information content (AvgIpc) is 2.21. The summed E-state index contributed by atoms with van der Waals surface area (Å²) in [4.78, 5) is 14.8. The maximum atomic E-state index is 10.5. The average molecular weight is 238 g/mol. The van der Waals surface area contributed by atoms with Gasteiger partial charge in [-0.2, -0.15) is 5.10 Å². The molecule has 94 valence electrons. The number of aliphatic carboxylic acids is 1. The van der Waals surface area contributed by atoms with Crippen molar-refractivity contribution in [2.45, 2.75) is 46.1 Å². The number of hydrogen-bond donors (Lipinski definition) is 2. The van der Waals surface area contributed by atoms with E-state index >= 15 is 0 Å². The lowest BCUT2D eigenvalue weighted by atomic mass is 9.99. The molecule has 6 nitrogen and oxygen atoms in total. The summed E-state index contributed by atoms with van der Waals surface area (Å²) in [6, 6.07) is 0. The molecule has 0 unspecified atom stereocenters. The van der Waals surface area contributed by atoms with Gasteiger partial charge in [-0.15, -0.1) is 5.10 Å². The van der Waals surface area contributed by atoms with Gasteiger partial charge in [-0.3, -0.25) is 4.79 Å². The fourth-order valence-electron chi connectivity index (χ4n) is 1.29. The van der Waals surface area contributed by atoms with Gasteiger partial charge in [0.25, 0.3) is 0 Å². The zero-order valence-corrected chi connectivity index (χ0v) is 10.6. The second-order valence-corrected chi connectivity index (χ2v) is 4.71. The summed E-state index contributed by atoms with van der Waals surface area (Å²) in [6.07, 6.45) is 0.608. The molecule has 1 aromatic rings. The van der Waals surface area contributed by atoms with E-state index in [9.17, 15) is 4.79 Å². The van der Waals surface area contributed by atoms with Crippen molar-refractivity contribution in [2.24, 2.45) is 0 Å². The molecule has 0 bridgehead atoms. The summed E-state index contributed by atoms with van der Waals surface area (Å²) < 4.78 is 0. The molecule has 0 atom stereocenters. The van der Waals surface area contributed by atoms with Crippen molar-refractivity contribution in [2.75, 3.05) is 5.32 Å². The van der Waals surface area contributed by atoms with E-state index in [1.165, 1.54) is 0 Å². The van der Waals surface area contributed by atoms with Crippen LogP contribution in [0.15, 0.2) is 0 Å². The van der Waals surface area contributed by atoms with Crippen LogP contribution in [0, 0.1) is 13.8 Å². The summed E-state index contributed by atoms with van der Waals surface area (Å²) in [6.45, 7) is 7.52. The van der Waals surface area contributed by atoms with Crippen LogP contribution >= 0.6 is 0 Å². The summed E-state index contributed by atoms with van der Waals surface area (Å²) in [7, 11) is 0. The summed E-state index contributed by atoms with van der Waals surface area (Å²) >= 11 is 0. The highest BCUT2D eigenvalue weighted by Gasteiger charge is 2.20. The van der Waals surface area contributed by atoms with Crippen molar-refractivity contribution in [3.63, 3.8) is 0 Å². The number of hydrogen-bond acceptors (Lipinski definition) is 5. The molecule has 0 aliphatic heterocycles. The summed E-state index contributed by atoms with van der Waals surface area (Å²) in [5, 5.41) is 19.6. The van der Waals surface area contributed by atoms with E-state index in [1.54, 1.807) is 0 Å². The van der Waals surface area contributed by atoms with E-state index in [1.807, 2.05) is 27.7 Å². The van der Waals surface area contributed by atoms with Crippen molar-refractivity contribution in [3.8, 4) is 0 Å². The molecule has 17 heavy (non-hydrogen) atoms. The van der Waals surface area contributed by atoms with E-state index in [0.29, 0.717) is 12.4 Å². The Kier molecular flexibility index (Phi) is 3.98. The molecule has 0 aliphatic carbocycles. The third kappa shape index (κ3) is 4.34. The van der Waals surface area contributed by atoms with Gasteiger partial charge in [0.2, 0.25) is 5.95 Å². The van der Waals surface area contributed by atoms with Crippen LogP contribution in [0.2, 0.25) is 0 Å². The largest absolute Gasteiger partial charge is 0.481 e. The van der Waals surface area contributed by atoms with Gasteiger partial charge < -0.3 is 10.4 Å². The fraction of sp³-hybridized carbons (Fsp3) is 0.636. The summed E-state index contributed by atoms with van der Waals surface area (Å²) in [5.41, 5.74) is 1.23. The maximum absolute atomic E-state index is 10.5. The minimum absolute atomic E-state index is 0.109. The number of nitrogens with zero attached hydrogens (tertiary/aromatic N) is 3. The minimum Gasteiger partial charge on any atom is -0.481 e. The van der Waals surface area contributed by atoms with Gasteiger partial charge in [0.15, 0.2) is 0 Å². The topological polar surface area (TPSA) is 88.0 Å². The van der Waals surface area contributed by atoms with Crippen molar-refractivity contribution in [1.82, 2.24) is 15.2 Å². The van der Waals surface area contributed by atoms with Crippen LogP contribution in [0.5, 0.6) is 0 Å². The zero-order chi connectivity index (χ0) is 13.1. The molecule has 0 aliphatic rings.